The highest BCUT2D eigenvalue weighted by Gasteiger charge is 2.39. The van der Waals surface area contributed by atoms with Crippen molar-refractivity contribution in [3.05, 3.63) is 0 Å². The van der Waals surface area contributed by atoms with E-state index in [0.29, 0.717) is 17.3 Å². The van der Waals surface area contributed by atoms with Crippen molar-refractivity contribution in [3.63, 3.8) is 0 Å². The van der Waals surface area contributed by atoms with Gasteiger partial charge in [0.15, 0.2) is 0 Å². The average molecular weight is 211 g/mol. The molecule has 0 saturated heterocycles. The standard InChI is InChI=1S/C13H25NO/c1-9(2)10-6-7-13(3,4)8-11(10)12(15)14-5/h9-11H,6-8H2,1-5H3,(H,14,15). The summed E-state index contributed by atoms with van der Waals surface area (Å²) in [4.78, 5) is 11.9. The zero-order valence-corrected chi connectivity index (χ0v) is 10.8. The van der Waals surface area contributed by atoms with Gasteiger partial charge in [0, 0.05) is 13.0 Å². The predicted molar refractivity (Wildman–Crippen MR) is 63.5 cm³/mol. The largest absolute Gasteiger partial charge is 0.359 e. The zero-order chi connectivity index (χ0) is 11.6. The molecule has 2 unspecified atom stereocenters. The quantitative estimate of drug-likeness (QED) is 0.747. The molecule has 15 heavy (non-hydrogen) atoms. The number of nitrogens with one attached hydrogen (secondary N) is 1. The van der Waals surface area contributed by atoms with Crippen molar-refractivity contribution in [1.29, 1.82) is 0 Å². The van der Waals surface area contributed by atoms with E-state index in [1.165, 1.54) is 12.8 Å². The summed E-state index contributed by atoms with van der Waals surface area (Å²) in [6.45, 7) is 9.02. The van der Waals surface area contributed by atoms with Crippen LogP contribution in [0, 0.1) is 23.2 Å². The Labute approximate surface area is 93.8 Å². The van der Waals surface area contributed by atoms with Gasteiger partial charge in [-0.15, -0.1) is 0 Å². The number of hydrogen-bond acceptors (Lipinski definition) is 1. The molecule has 1 aliphatic carbocycles. The molecule has 0 radical (unpaired) electrons. The fourth-order valence-corrected chi connectivity index (χ4v) is 2.88. The third-order valence-electron chi connectivity index (χ3n) is 3.88. The molecule has 1 amide bonds. The van der Waals surface area contributed by atoms with Crippen molar-refractivity contribution >= 4 is 5.91 Å². The van der Waals surface area contributed by atoms with Gasteiger partial charge in [-0.3, -0.25) is 4.79 Å². The lowest BCUT2D eigenvalue weighted by atomic mass is 9.64. The minimum absolute atomic E-state index is 0.221. The maximum absolute atomic E-state index is 11.9. The van der Waals surface area contributed by atoms with E-state index in [-0.39, 0.29) is 11.8 Å². The van der Waals surface area contributed by atoms with Crippen molar-refractivity contribution in [3.8, 4) is 0 Å². The van der Waals surface area contributed by atoms with E-state index in [0.717, 1.165) is 6.42 Å². The van der Waals surface area contributed by atoms with Gasteiger partial charge in [0.25, 0.3) is 0 Å². The van der Waals surface area contributed by atoms with Crippen molar-refractivity contribution in [1.82, 2.24) is 5.32 Å². The van der Waals surface area contributed by atoms with Crippen LogP contribution in [0.4, 0.5) is 0 Å². The molecular formula is C13H25NO. The maximum Gasteiger partial charge on any atom is 0.223 e. The second-order valence-corrected chi connectivity index (χ2v) is 6.04. The van der Waals surface area contributed by atoms with Crippen molar-refractivity contribution in [2.24, 2.45) is 23.2 Å². The van der Waals surface area contributed by atoms with E-state index in [1.807, 2.05) is 0 Å². The minimum Gasteiger partial charge on any atom is -0.359 e. The van der Waals surface area contributed by atoms with Crippen molar-refractivity contribution in [2.75, 3.05) is 7.05 Å². The van der Waals surface area contributed by atoms with Crippen LogP contribution >= 0.6 is 0 Å². The molecular weight excluding hydrogens is 186 g/mol. The van der Waals surface area contributed by atoms with E-state index >= 15 is 0 Å². The normalized spacial score (nSPS) is 30.3. The molecule has 0 bridgehead atoms. The van der Waals surface area contributed by atoms with Crippen LogP contribution in [0.3, 0.4) is 0 Å². The highest BCUT2D eigenvalue weighted by atomic mass is 16.1. The summed E-state index contributed by atoms with van der Waals surface area (Å²) in [6.07, 6.45) is 3.49. The Morgan fingerprint density at radius 3 is 2.47 bits per heavy atom. The average Bonchev–Trinajstić information content (AvgIpc) is 2.14. The monoisotopic (exact) mass is 211 g/mol. The lowest BCUT2D eigenvalue weighted by Crippen LogP contribution is -2.41. The Morgan fingerprint density at radius 1 is 1.40 bits per heavy atom. The summed E-state index contributed by atoms with van der Waals surface area (Å²) in [5.74, 6) is 1.64. The summed E-state index contributed by atoms with van der Waals surface area (Å²) in [6, 6.07) is 0. The zero-order valence-electron chi connectivity index (χ0n) is 10.8. The van der Waals surface area contributed by atoms with Crippen LogP contribution in [0.25, 0.3) is 0 Å². The highest BCUT2D eigenvalue weighted by Crippen LogP contribution is 2.44. The lowest BCUT2D eigenvalue weighted by molar-refractivity contribution is -0.130. The first-order valence-corrected chi connectivity index (χ1v) is 6.09. The summed E-state index contributed by atoms with van der Waals surface area (Å²) in [5.41, 5.74) is 0.336. The van der Waals surface area contributed by atoms with Gasteiger partial charge >= 0.3 is 0 Å². The summed E-state index contributed by atoms with van der Waals surface area (Å²) < 4.78 is 0. The molecule has 2 atom stereocenters. The predicted octanol–water partition coefficient (Wildman–Crippen LogP) is 2.83. The second-order valence-electron chi connectivity index (χ2n) is 6.04. The molecule has 1 N–H and O–H groups in total. The Morgan fingerprint density at radius 2 is 2.00 bits per heavy atom. The van der Waals surface area contributed by atoms with E-state index in [1.54, 1.807) is 7.05 Å². The Balaban J connectivity index is 2.78. The van der Waals surface area contributed by atoms with Gasteiger partial charge in [0.05, 0.1) is 0 Å². The number of carbonyl (C=O) groups excluding carboxylic acids is 1. The maximum atomic E-state index is 11.9. The highest BCUT2D eigenvalue weighted by molar-refractivity contribution is 5.78. The molecule has 1 fully saturated rings. The lowest BCUT2D eigenvalue weighted by Gasteiger charge is -2.41. The van der Waals surface area contributed by atoms with Crippen LogP contribution in [-0.2, 0) is 4.79 Å². The molecule has 1 aliphatic rings. The van der Waals surface area contributed by atoms with Gasteiger partial charge in [0.1, 0.15) is 0 Å². The number of carbonyl (C=O) groups is 1. The number of hydrogen-bond donors (Lipinski definition) is 1. The van der Waals surface area contributed by atoms with Gasteiger partial charge in [-0.05, 0) is 36.5 Å². The second kappa shape index (κ2) is 4.54. The van der Waals surface area contributed by atoms with E-state index < -0.39 is 0 Å². The van der Waals surface area contributed by atoms with Gasteiger partial charge in [-0.1, -0.05) is 27.7 Å². The molecule has 0 spiro atoms. The molecule has 1 rings (SSSR count). The Bertz CT molecular complexity index is 233. The van der Waals surface area contributed by atoms with Crippen LogP contribution in [0.15, 0.2) is 0 Å². The SMILES string of the molecule is CNC(=O)C1CC(C)(C)CCC1C(C)C. The molecule has 0 aliphatic heterocycles. The molecule has 88 valence electrons. The molecule has 2 nitrogen and oxygen atoms in total. The van der Waals surface area contributed by atoms with Crippen LogP contribution in [-0.4, -0.2) is 13.0 Å². The van der Waals surface area contributed by atoms with Crippen LogP contribution in [0.1, 0.15) is 47.0 Å². The molecule has 2 heteroatoms. The van der Waals surface area contributed by atoms with Crippen LogP contribution in [0.2, 0.25) is 0 Å². The third-order valence-corrected chi connectivity index (χ3v) is 3.88. The smallest absolute Gasteiger partial charge is 0.223 e. The topological polar surface area (TPSA) is 29.1 Å². The Kier molecular flexibility index (Phi) is 3.80. The van der Waals surface area contributed by atoms with E-state index in [9.17, 15) is 4.79 Å². The number of rotatable bonds is 2. The van der Waals surface area contributed by atoms with Crippen molar-refractivity contribution < 1.29 is 4.79 Å². The minimum atomic E-state index is 0.221. The van der Waals surface area contributed by atoms with E-state index in [2.05, 4.69) is 33.0 Å². The Hall–Kier alpha value is -0.530. The summed E-state index contributed by atoms with van der Waals surface area (Å²) in [5, 5.41) is 2.82. The van der Waals surface area contributed by atoms with Crippen LogP contribution < -0.4 is 5.32 Å². The number of amides is 1. The molecule has 1 saturated carbocycles. The van der Waals surface area contributed by atoms with Gasteiger partial charge in [-0.25, -0.2) is 0 Å². The van der Waals surface area contributed by atoms with E-state index in [4.69, 9.17) is 0 Å². The third kappa shape index (κ3) is 2.96. The van der Waals surface area contributed by atoms with Crippen LogP contribution in [0.5, 0.6) is 0 Å². The van der Waals surface area contributed by atoms with Gasteiger partial charge in [0.2, 0.25) is 5.91 Å². The molecule has 0 aromatic rings. The van der Waals surface area contributed by atoms with Gasteiger partial charge < -0.3 is 5.32 Å². The first-order valence-electron chi connectivity index (χ1n) is 6.09. The molecule has 0 heterocycles. The summed E-state index contributed by atoms with van der Waals surface area (Å²) in [7, 11) is 1.75. The molecule has 0 aromatic heterocycles. The summed E-state index contributed by atoms with van der Waals surface area (Å²) >= 11 is 0. The fraction of sp³-hybridized carbons (Fsp3) is 0.923. The fourth-order valence-electron chi connectivity index (χ4n) is 2.88. The van der Waals surface area contributed by atoms with Gasteiger partial charge in [-0.2, -0.15) is 0 Å². The van der Waals surface area contributed by atoms with Crippen molar-refractivity contribution in [2.45, 2.75) is 47.0 Å². The first kappa shape index (κ1) is 12.5. The molecule has 0 aromatic carbocycles. The first-order chi connectivity index (χ1) is 6.87.